The number of benzene rings is 1. The zero-order chi connectivity index (χ0) is 17.0. The van der Waals surface area contributed by atoms with Crippen LogP contribution in [0, 0.1) is 20.8 Å². The SMILES string of the molecule is Cc1cccc(-n2nnc3c(sc4nc(C)c(Br)c(C)c43)c2=O)c1. The number of pyridine rings is 1. The van der Waals surface area contributed by atoms with E-state index in [2.05, 4.69) is 31.2 Å². The third-order valence-electron chi connectivity index (χ3n) is 4.02. The number of aromatic nitrogens is 4. The van der Waals surface area contributed by atoms with Gasteiger partial charge in [0.15, 0.2) is 0 Å². The highest BCUT2D eigenvalue weighted by atomic mass is 79.9. The first kappa shape index (κ1) is 15.4. The van der Waals surface area contributed by atoms with Crippen molar-refractivity contribution in [2.45, 2.75) is 20.8 Å². The molecule has 0 fully saturated rings. The van der Waals surface area contributed by atoms with E-state index in [1.54, 1.807) is 0 Å². The van der Waals surface area contributed by atoms with Gasteiger partial charge < -0.3 is 0 Å². The van der Waals surface area contributed by atoms with Crippen molar-refractivity contribution < 1.29 is 0 Å². The van der Waals surface area contributed by atoms with Crippen LogP contribution in [0.4, 0.5) is 0 Å². The van der Waals surface area contributed by atoms with Gasteiger partial charge in [0, 0.05) is 9.86 Å². The molecule has 0 aliphatic carbocycles. The molecule has 3 aromatic heterocycles. The maximum Gasteiger partial charge on any atom is 0.292 e. The lowest BCUT2D eigenvalue weighted by atomic mass is 10.1. The highest BCUT2D eigenvalue weighted by Crippen LogP contribution is 2.35. The van der Waals surface area contributed by atoms with Crippen LogP contribution < -0.4 is 5.56 Å². The van der Waals surface area contributed by atoms with Gasteiger partial charge in [-0.05, 0) is 60.0 Å². The van der Waals surface area contributed by atoms with Crippen LogP contribution in [0.1, 0.15) is 16.8 Å². The first-order chi connectivity index (χ1) is 11.5. The Morgan fingerprint density at radius 3 is 2.75 bits per heavy atom. The summed E-state index contributed by atoms with van der Waals surface area (Å²) < 4.78 is 2.87. The molecule has 4 rings (SSSR count). The standard InChI is InChI=1S/C17H13BrN4OS/c1-8-5-4-6-11(7-8)22-17(23)15-14(20-21-22)12-9(2)13(18)10(3)19-16(12)24-15/h4-7H,1-3H3. The molecule has 0 amide bonds. The van der Waals surface area contributed by atoms with Crippen LogP contribution in [0.2, 0.25) is 0 Å². The van der Waals surface area contributed by atoms with Gasteiger partial charge in [-0.1, -0.05) is 17.3 Å². The van der Waals surface area contributed by atoms with E-state index in [9.17, 15) is 4.79 Å². The molecule has 5 nitrogen and oxygen atoms in total. The average molecular weight is 401 g/mol. The average Bonchev–Trinajstić information content (AvgIpc) is 2.92. The Bertz CT molecular complexity index is 1180. The molecule has 0 unspecified atom stereocenters. The number of nitrogens with zero attached hydrogens (tertiary/aromatic N) is 4. The molecular weight excluding hydrogens is 388 g/mol. The first-order valence-corrected chi connectivity index (χ1v) is 9.00. The Kier molecular flexibility index (Phi) is 3.51. The quantitative estimate of drug-likeness (QED) is 0.482. The number of rotatable bonds is 1. The Morgan fingerprint density at radius 1 is 1.21 bits per heavy atom. The van der Waals surface area contributed by atoms with Gasteiger partial charge in [-0.3, -0.25) is 4.79 Å². The third-order valence-corrected chi connectivity index (χ3v) is 6.25. The fourth-order valence-electron chi connectivity index (χ4n) is 2.81. The molecule has 0 saturated heterocycles. The van der Waals surface area contributed by atoms with Crippen LogP contribution in [0.5, 0.6) is 0 Å². The molecule has 0 radical (unpaired) electrons. The summed E-state index contributed by atoms with van der Waals surface area (Å²) in [5, 5.41) is 9.38. The second-order valence-corrected chi connectivity index (χ2v) is 7.53. The second-order valence-electron chi connectivity index (χ2n) is 5.74. The minimum atomic E-state index is -0.165. The number of hydrogen-bond acceptors (Lipinski definition) is 5. The number of halogens is 1. The highest BCUT2D eigenvalue weighted by Gasteiger charge is 2.18. The van der Waals surface area contributed by atoms with Gasteiger partial charge >= 0.3 is 0 Å². The largest absolute Gasteiger partial charge is 0.292 e. The molecule has 24 heavy (non-hydrogen) atoms. The highest BCUT2D eigenvalue weighted by molar-refractivity contribution is 9.10. The Balaban J connectivity index is 2.09. The van der Waals surface area contributed by atoms with Gasteiger partial charge in [0.1, 0.15) is 15.0 Å². The molecule has 0 N–H and O–H groups in total. The molecule has 0 atom stereocenters. The van der Waals surface area contributed by atoms with Crippen molar-refractivity contribution in [2.24, 2.45) is 0 Å². The van der Waals surface area contributed by atoms with E-state index < -0.39 is 0 Å². The van der Waals surface area contributed by atoms with Crippen molar-refractivity contribution in [2.75, 3.05) is 0 Å². The van der Waals surface area contributed by atoms with Crippen LogP contribution in [0.25, 0.3) is 26.1 Å². The predicted octanol–water partition coefficient (Wildman–Crippen LogP) is 4.08. The van der Waals surface area contributed by atoms with E-state index in [1.807, 2.05) is 45.0 Å². The van der Waals surface area contributed by atoms with Crippen molar-refractivity contribution in [1.29, 1.82) is 0 Å². The van der Waals surface area contributed by atoms with Crippen LogP contribution in [0.3, 0.4) is 0 Å². The molecule has 0 spiro atoms. The maximum absolute atomic E-state index is 12.9. The molecule has 7 heteroatoms. The van der Waals surface area contributed by atoms with Gasteiger partial charge in [0.25, 0.3) is 5.56 Å². The minimum Gasteiger partial charge on any atom is -0.266 e. The van der Waals surface area contributed by atoms with E-state index in [-0.39, 0.29) is 5.56 Å². The minimum absolute atomic E-state index is 0.165. The molecule has 0 saturated carbocycles. The Hall–Kier alpha value is -2.12. The van der Waals surface area contributed by atoms with Crippen LogP contribution >= 0.6 is 27.3 Å². The fourth-order valence-corrected chi connectivity index (χ4v) is 4.23. The van der Waals surface area contributed by atoms with Crippen LogP contribution in [0.15, 0.2) is 33.5 Å². The van der Waals surface area contributed by atoms with E-state index in [0.29, 0.717) is 15.9 Å². The smallest absolute Gasteiger partial charge is 0.266 e. The zero-order valence-corrected chi connectivity index (χ0v) is 15.7. The van der Waals surface area contributed by atoms with Crippen molar-refractivity contribution >= 4 is 47.7 Å². The fraction of sp³-hybridized carbons (Fsp3) is 0.176. The van der Waals surface area contributed by atoms with Crippen LogP contribution in [-0.4, -0.2) is 20.0 Å². The summed E-state index contributed by atoms with van der Waals surface area (Å²) in [6.07, 6.45) is 0. The number of thiophene rings is 1. The zero-order valence-electron chi connectivity index (χ0n) is 13.3. The summed E-state index contributed by atoms with van der Waals surface area (Å²) in [5.74, 6) is 0. The molecule has 1 aromatic carbocycles. The number of aryl methyl sites for hydroxylation is 3. The van der Waals surface area contributed by atoms with Crippen molar-refractivity contribution in [3.05, 3.63) is 55.9 Å². The van der Waals surface area contributed by atoms with Gasteiger partial charge in [0.2, 0.25) is 0 Å². The summed E-state index contributed by atoms with van der Waals surface area (Å²) in [7, 11) is 0. The molecule has 0 aliphatic heterocycles. The Morgan fingerprint density at radius 2 is 2.00 bits per heavy atom. The van der Waals surface area contributed by atoms with Crippen molar-refractivity contribution in [3.8, 4) is 5.69 Å². The maximum atomic E-state index is 12.9. The van der Waals surface area contributed by atoms with E-state index in [1.165, 1.54) is 16.0 Å². The summed E-state index contributed by atoms with van der Waals surface area (Å²) in [4.78, 5) is 18.3. The van der Waals surface area contributed by atoms with Gasteiger partial charge in [0.05, 0.1) is 11.4 Å². The third kappa shape index (κ3) is 2.19. The number of fused-ring (bicyclic) bond motifs is 3. The molecular formula is C17H13BrN4OS. The predicted molar refractivity (Wildman–Crippen MR) is 100 cm³/mol. The van der Waals surface area contributed by atoms with Crippen molar-refractivity contribution in [1.82, 2.24) is 20.0 Å². The summed E-state index contributed by atoms with van der Waals surface area (Å²) >= 11 is 4.93. The summed E-state index contributed by atoms with van der Waals surface area (Å²) in [5.41, 5.74) is 4.17. The van der Waals surface area contributed by atoms with Gasteiger partial charge in [-0.2, -0.15) is 4.68 Å². The second kappa shape index (κ2) is 5.46. The van der Waals surface area contributed by atoms with E-state index >= 15 is 0 Å². The molecule has 0 bridgehead atoms. The topological polar surface area (TPSA) is 60.7 Å². The lowest BCUT2D eigenvalue weighted by molar-refractivity contribution is 0.740. The number of hydrogen-bond donors (Lipinski definition) is 0. The van der Waals surface area contributed by atoms with Gasteiger partial charge in [-0.15, -0.1) is 16.4 Å². The normalized spacial score (nSPS) is 11.5. The lowest BCUT2D eigenvalue weighted by Gasteiger charge is -2.05. The lowest BCUT2D eigenvalue weighted by Crippen LogP contribution is -2.21. The summed E-state index contributed by atoms with van der Waals surface area (Å²) in [6, 6.07) is 7.65. The summed E-state index contributed by atoms with van der Waals surface area (Å²) in [6.45, 7) is 5.92. The van der Waals surface area contributed by atoms with Gasteiger partial charge in [-0.25, -0.2) is 4.98 Å². The first-order valence-electron chi connectivity index (χ1n) is 7.39. The molecule has 3 heterocycles. The molecule has 120 valence electrons. The van der Waals surface area contributed by atoms with E-state index in [4.69, 9.17) is 0 Å². The monoisotopic (exact) mass is 400 g/mol. The molecule has 4 aromatic rings. The van der Waals surface area contributed by atoms with E-state index in [0.717, 1.165) is 31.5 Å². The Labute approximate surface area is 150 Å². The van der Waals surface area contributed by atoms with Crippen LogP contribution in [-0.2, 0) is 0 Å². The van der Waals surface area contributed by atoms with Crippen molar-refractivity contribution in [3.63, 3.8) is 0 Å². The molecule has 0 aliphatic rings.